The zero-order valence-corrected chi connectivity index (χ0v) is 49.6. The third-order valence-corrected chi connectivity index (χ3v) is 11.6. The number of para-hydroxylation sites is 2. The number of rotatable bonds is 18. The molecule has 5 aromatic rings. The molecule has 12 heteroatoms. The second-order valence-corrected chi connectivity index (χ2v) is 20.8. The maximum Gasteiger partial charge on any atom is 0.0979 e. The number of anilines is 2. The molecule has 0 unspecified atom stereocenters. The third-order valence-electron chi connectivity index (χ3n) is 11.6. The summed E-state index contributed by atoms with van der Waals surface area (Å²) in [4.78, 5) is 27.6. The molecule has 0 radical (unpaired) electrons. The number of hydrogen-bond donors (Lipinski definition) is 6. The lowest BCUT2D eigenvalue weighted by molar-refractivity contribution is 0.725. The molecule has 0 spiro atoms. The molecule has 6 N–H and O–H groups in total. The van der Waals surface area contributed by atoms with Gasteiger partial charge in [-0.05, 0) is 180 Å². The second kappa shape index (κ2) is 33.8. The van der Waals surface area contributed by atoms with E-state index in [0.29, 0.717) is 63.4 Å². The molecule has 5 aromatic carbocycles. The average molecular weight is 1030 g/mol. The Morgan fingerprint density at radius 3 is 0.632 bits per heavy atom. The first kappa shape index (κ1) is 63.2. The molecule has 0 fully saturated rings. The van der Waals surface area contributed by atoms with Crippen LogP contribution in [0.2, 0.25) is 0 Å². The van der Waals surface area contributed by atoms with Gasteiger partial charge in [-0.15, -0.1) is 0 Å². The van der Waals surface area contributed by atoms with Gasteiger partial charge in [-0.25, -0.2) is 0 Å². The number of nitrogens with zero attached hydrogens (tertiary/aromatic N) is 6. The van der Waals surface area contributed by atoms with Gasteiger partial charge >= 0.3 is 0 Å². The highest BCUT2D eigenvalue weighted by Gasteiger charge is 2.06. The molecular weight excluding hydrogens is 937 g/mol. The molecule has 0 aliphatic heterocycles. The highest BCUT2D eigenvalue weighted by atomic mass is 15.0. The van der Waals surface area contributed by atoms with Crippen molar-refractivity contribution >= 4 is 46.4 Å². The number of nitrogens with one attached hydrogen (secondary N) is 6. The van der Waals surface area contributed by atoms with Crippen LogP contribution >= 0.6 is 0 Å². The smallest absolute Gasteiger partial charge is 0.0979 e. The van der Waals surface area contributed by atoms with E-state index < -0.39 is 0 Å². The van der Waals surface area contributed by atoms with E-state index >= 15 is 0 Å². The van der Waals surface area contributed by atoms with Gasteiger partial charge in [0.2, 0.25) is 0 Å². The number of benzene rings is 5. The molecule has 0 saturated heterocycles. The molecule has 5 rings (SSSR count). The van der Waals surface area contributed by atoms with Crippen LogP contribution in [0.15, 0.2) is 139 Å². The lowest BCUT2D eigenvalue weighted by atomic mass is 10.1. The van der Waals surface area contributed by atoms with Crippen molar-refractivity contribution < 1.29 is 0 Å². The Labute approximate surface area is 459 Å². The van der Waals surface area contributed by atoms with E-state index in [1.165, 1.54) is 55.6 Å². The molecule has 0 saturated carbocycles. The van der Waals surface area contributed by atoms with E-state index in [0.717, 1.165) is 46.4 Å². The summed E-state index contributed by atoms with van der Waals surface area (Å²) >= 11 is 0. The topological polar surface area (TPSA) is 146 Å². The highest BCUT2D eigenvalue weighted by molar-refractivity contribution is 5.95. The number of hydrogen-bond acceptors (Lipinski definition) is 6. The maximum atomic E-state index is 4.71. The van der Waals surface area contributed by atoms with Gasteiger partial charge in [-0.1, -0.05) is 109 Å². The summed E-state index contributed by atoms with van der Waals surface area (Å²) in [5.74, 6) is 5.78. The maximum absolute atomic E-state index is 4.71. The van der Waals surface area contributed by atoms with Crippen molar-refractivity contribution in [2.75, 3.05) is 10.6 Å². The van der Waals surface area contributed by atoms with Crippen LogP contribution in [0.3, 0.4) is 0 Å². The lowest BCUT2D eigenvalue weighted by Gasteiger charge is -2.12. The lowest BCUT2D eigenvalue weighted by Crippen LogP contribution is -2.27. The van der Waals surface area contributed by atoms with Gasteiger partial charge in [0.15, 0.2) is 0 Å². The number of aryl methyl sites for hydroxylation is 4. The molecule has 0 aliphatic carbocycles. The molecule has 0 atom stereocenters. The summed E-state index contributed by atoms with van der Waals surface area (Å²) in [6, 6.07) is 39.9. The van der Waals surface area contributed by atoms with E-state index in [1.807, 2.05) is 41.5 Å². The predicted molar refractivity (Wildman–Crippen MR) is 332 cm³/mol. The van der Waals surface area contributed by atoms with E-state index in [1.54, 1.807) is 0 Å². The summed E-state index contributed by atoms with van der Waals surface area (Å²) < 4.78 is 0. The Balaban J connectivity index is 0.000000310. The van der Waals surface area contributed by atoms with Crippen molar-refractivity contribution in [2.24, 2.45) is 30.0 Å². The average Bonchev–Trinajstić information content (AvgIpc) is 3.35. The molecule has 76 heavy (non-hydrogen) atoms. The Hall–Kier alpha value is -7.08. The monoisotopic (exact) mass is 1030 g/mol. The molecule has 0 bridgehead atoms. The largest absolute Gasteiger partial charge is 0.372 e. The first-order chi connectivity index (χ1) is 36.1. The van der Waals surface area contributed by atoms with Gasteiger partial charge in [-0.2, -0.15) is 0 Å². The van der Waals surface area contributed by atoms with E-state index in [4.69, 9.17) is 9.98 Å². The van der Waals surface area contributed by atoms with Gasteiger partial charge in [-0.3, -0.25) is 30.0 Å². The van der Waals surface area contributed by atoms with Gasteiger partial charge in [0.25, 0.3) is 0 Å². The summed E-state index contributed by atoms with van der Waals surface area (Å²) in [6.07, 6.45) is 0. The minimum absolute atomic E-state index is 0.423. The summed E-state index contributed by atoms with van der Waals surface area (Å²) in [5.41, 5.74) is 14.4. The van der Waals surface area contributed by atoms with E-state index in [-0.39, 0.29) is 0 Å². The molecule has 410 valence electrons. The second-order valence-electron chi connectivity index (χ2n) is 20.8. The van der Waals surface area contributed by atoms with Gasteiger partial charge in [0.05, 0.1) is 74.3 Å². The van der Waals surface area contributed by atoms with Crippen LogP contribution < -0.4 is 31.9 Å². The van der Waals surface area contributed by atoms with Crippen LogP contribution in [0.5, 0.6) is 0 Å². The molecular formula is C64H94N12. The van der Waals surface area contributed by atoms with Crippen molar-refractivity contribution in [3.8, 4) is 0 Å². The van der Waals surface area contributed by atoms with E-state index in [9.17, 15) is 0 Å². The fraction of sp³-hybridized carbons (Fsp3) is 0.438. The highest BCUT2D eigenvalue weighted by Crippen LogP contribution is 2.21. The molecule has 0 aliphatic rings. The van der Waals surface area contributed by atoms with Crippen molar-refractivity contribution in [3.05, 3.63) is 165 Å². The molecule has 12 nitrogen and oxygen atoms in total. The van der Waals surface area contributed by atoms with Crippen molar-refractivity contribution in [1.82, 2.24) is 21.3 Å². The Bertz CT molecular complexity index is 2370. The fourth-order valence-corrected chi connectivity index (χ4v) is 7.83. The first-order valence-electron chi connectivity index (χ1n) is 27.1. The minimum Gasteiger partial charge on any atom is -0.372 e. The van der Waals surface area contributed by atoms with Gasteiger partial charge in [0, 0.05) is 35.5 Å². The first-order valence-corrected chi connectivity index (χ1v) is 27.1. The molecule has 0 amide bonds. The van der Waals surface area contributed by atoms with Crippen LogP contribution in [0, 0.1) is 27.7 Å². The van der Waals surface area contributed by atoms with Crippen LogP contribution in [0.25, 0.3) is 0 Å². The molecule has 0 heterocycles. The number of amidine groups is 6. The summed E-state index contributed by atoms with van der Waals surface area (Å²) in [7, 11) is 0. The SMILES string of the molecule is CC(=NCc1ccc(CN=C(C)NC(C)C)cc1)NC(C)C.CC(=NCc1ccc(CN=C(C)NC(C)C)cc1)NC(C)C.CC(=NCc1ccc(CN=C(C)Nc2c(C)cccc2C)cc1)Nc1c(C)cccc1C. The van der Waals surface area contributed by atoms with Gasteiger partial charge < -0.3 is 31.9 Å². The van der Waals surface area contributed by atoms with Crippen molar-refractivity contribution in [3.63, 3.8) is 0 Å². The Morgan fingerprint density at radius 1 is 0.289 bits per heavy atom. The zero-order valence-electron chi connectivity index (χ0n) is 49.6. The van der Waals surface area contributed by atoms with Crippen LogP contribution in [0.1, 0.15) is 153 Å². The number of aliphatic imine (C=N–C) groups is 6. The Morgan fingerprint density at radius 2 is 0.461 bits per heavy atom. The fourth-order valence-electron chi connectivity index (χ4n) is 7.83. The normalized spacial score (nSPS) is 12.6. The van der Waals surface area contributed by atoms with Crippen LogP contribution in [-0.4, -0.2) is 59.2 Å². The predicted octanol–water partition coefficient (Wildman–Crippen LogP) is 14.0. The van der Waals surface area contributed by atoms with Crippen molar-refractivity contribution in [2.45, 2.75) is 188 Å². The zero-order chi connectivity index (χ0) is 56.2. The van der Waals surface area contributed by atoms with Crippen LogP contribution in [-0.2, 0) is 39.3 Å². The van der Waals surface area contributed by atoms with E-state index in [2.05, 4.69) is 244 Å². The standard InChI is InChI=1S/C28H34N4.2C18H30N4/c1-19-9-7-10-20(2)27(19)31-23(5)29-17-25-13-15-26(16-14-25)18-30-24(6)32-28-21(3)11-8-12-22(28)4;2*1-13(2)21-15(5)19-11-17-7-9-18(10-8-17)12-20-16(6)22-14(3)4/h7-16H,17-18H2,1-6H3,(H,29,31)(H,30,32);2*7-10,13-14H,11-12H2,1-6H3,(H,19,21)(H,20,22). The minimum atomic E-state index is 0.423. The molecule has 0 aromatic heterocycles. The summed E-state index contributed by atoms with van der Waals surface area (Å²) in [6.45, 7) is 41.6. The van der Waals surface area contributed by atoms with Gasteiger partial charge in [0.1, 0.15) is 0 Å². The van der Waals surface area contributed by atoms with Crippen molar-refractivity contribution in [1.29, 1.82) is 0 Å². The van der Waals surface area contributed by atoms with Crippen LogP contribution in [0.4, 0.5) is 11.4 Å². The quantitative estimate of drug-likeness (QED) is 0.0381. The Kier molecular flexibility index (Phi) is 28.1. The third kappa shape index (κ3) is 26.4. The summed E-state index contributed by atoms with van der Waals surface area (Å²) in [5, 5.41) is 20.1.